The summed E-state index contributed by atoms with van der Waals surface area (Å²) in [5, 5.41) is 13.8. The van der Waals surface area contributed by atoms with Crippen LogP contribution in [-0.4, -0.2) is 23.5 Å². The molecule has 0 saturated heterocycles. The first-order chi connectivity index (χ1) is 9.06. The lowest BCUT2D eigenvalue weighted by Gasteiger charge is -2.08. The summed E-state index contributed by atoms with van der Waals surface area (Å²) in [6.07, 6.45) is 5.21. The maximum atomic E-state index is 13.3. The topological polar surface area (TPSA) is 55.2 Å². The number of anilines is 1. The van der Waals surface area contributed by atoms with Crippen LogP contribution in [0.2, 0.25) is 0 Å². The molecule has 0 atom stereocenters. The number of nitrogens with zero attached hydrogens (tertiary/aromatic N) is 1. The lowest BCUT2D eigenvalue weighted by atomic mass is 10.2. The fraction of sp³-hybridized carbons (Fsp3) is 0.500. The van der Waals surface area contributed by atoms with Crippen LogP contribution in [-0.2, 0) is 0 Å². The van der Waals surface area contributed by atoms with Crippen molar-refractivity contribution >= 4 is 39.1 Å². The molecule has 19 heavy (non-hydrogen) atoms. The van der Waals surface area contributed by atoms with Crippen molar-refractivity contribution in [3.63, 3.8) is 0 Å². The van der Waals surface area contributed by atoms with Crippen LogP contribution in [0.4, 0.5) is 15.8 Å². The van der Waals surface area contributed by atoms with E-state index in [1.165, 1.54) is 6.07 Å². The van der Waals surface area contributed by atoms with E-state index in [9.17, 15) is 14.5 Å². The molecule has 0 amide bonds. The quantitative estimate of drug-likeness (QED) is 0.427. The van der Waals surface area contributed by atoms with Gasteiger partial charge in [-0.15, -0.1) is 0 Å². The van der Waals surface area contributed by atoms with E-state index < -0.39 is 10.7 Å². The lowest BCUT2D eigenvalue weighted by molar-refractivity contribution is -0.384. The van der Waals surface area contributed by atoms with E-state index in [-0.39, 0.29) is 10.2 Å². The Labute approximate surface area is 124 Å². The van der Waals surface area contributed by atoms with Gasteiger partial charge in [-0.05, 0) is 46.8 Å². The summed E-state index contributed by atoms with van der Waals surface area (Å²) < 4.78 is 13.5. The summed E-state index contributed by atoms with van der Waals surface area (Å²) in [4.78, 5) is 10.3. The van der Waals surface area contributed by atoms with Gasteiger partial charge in [-0.2, -0.15) is 11.8 Å². The number of unbranched alkanes of at least 4 members (excludes halogenated alkanes) is 2. The van der Waals surface area contributed by atoms with Crippen molar-refractivity contribution in [1.29, 1.82) is 0 Å². The maximum absolute atomic E-state index is 13.3. The van der Waals surface area contributed by atoms with Crippen LogP contribution in [0.25, 0.3) is 0 Å². The monoisotopic (exact) mass is 350 g/mol. The third-order valence-corrected chi connectivity index (χ3v) is 3.88. The number of hydrogen-bond acceptors (Lipinski definition) is 4. The van der Waals surface area contributed by atoms with Crippen LogP contribution < -0.4 is 5.32 Å². The molecular weight excluding hydrogens is 335 g/mol. The first-order valence-corrected chi connectivity index (χ1v) is 8.11. The predicted molar refractivity (Wildman–Crippen MR) is 81.5 cm³/mol. The number of rotatable bonds is 8. The van der Waals surface area contributed by atoms with E-state index in [1.807, 2.05) is 11.8 Å². The van der Waals surface area contributed by atoms with Gasteiger partial charge in [0.15, 0.2) is 0 Å². The SMILES string of the molecule is CSCCCCCNc1cc(Br)c(F)cc1[N+](=O)[O-]. The van der Waals surface area contributed by atoms with Crippen LogP contribution >= 0.6 is 27.7 Å². The van der Waals surface area contributed by atoms with E-state index >= 15 is 0 Å². The summed E-state index contributed by atoms with van der Waals surface area (Å²) in [5.74, 6) is 0.500. The number of nitrogens with one attached hydrogen (secondary N) is 1. The predicted octanol–water partition coefficient (Wildman–Crippen LogP) is 4.44. The van der Waals surface area contributed by atoms with E-state index in [0.717, 1.165) is 31.1 Å². The Morgan fingerprint density at radius 3 is 2.79 bits per heavy atom. The molecule has 0 spiro atoms. The minimum Gasteiger partial charge on any atom is -0.379 e. The highest BCUT2D eigenvalue weighted by Gasteiger charge is 2.17. The number of thioether (sulfide) groups is 1. The van der Waals surface area contributed by atoms with Gasteiger partial charge in [0.25, 0.3) is 5.69 Å². The Morgan fingerprint density at radius 1 is 1.42 bits per heavy atom. The number of benzene rings is 1. The largest absolute Gasteiger partial charge is 0.379 e. The van der Waals surface area contributed by atoms with Crippen molar-refractivity contribution in [2.24, 2.45) is 0 Å². The number of hydrogen-bond donors (Lipinski definition) is 1. The molecule has 0 fully saturated rings. The third-order valence-electron chi connectivity index (χ3n) is 2.58. The Kier molecular flexibility index (Phi) is 7.15. The van der Waals surface area contributed by atoms with Gasteiger partial charge in [0.05, 0.1) is 15.5 Å². The molecule has 0 saturated carbocycles. The second-order valence-corrected chi connectivity index (χ2v) is 5.86. The second kappa shape index (κ2) is 8.37. The molecule has 0 aliphatic heterocycles. The number of nitro benzene ring substituents is 1. The molecule has 0 radical (unpaired) electrons. The van der Waals surface area contributed by atoms with Crippen molar-refractivity contribution in [3.05, 3.63) is 32.5 Å². The van der Waals surface area contributed by atoms with E-state index in [1.54, 1.807) is 0 Å². The number of nitro groups is 1. The van der Waals surface area contributed by atoms with Crippen molar-refractivity contribution in [3.8, 4) is 0 Å². The van der Waals surface area contributed by atoms with Crippen LogP contribution in [0.3, 0.4) is 0 Å². The minimum absolute atomic E-state index is 0.225. The zero-order valence-corrected chi connectivity index (χ0v) is 13.0. The fourth-order valence-corrected chi connectivity index (χ4v) is 2.44. The summed E-state index contributed by atoms with van der Waals surface area (Å²) in [5.41, 5.74) is 0.118. The van der Waals surface area contributed by atoms with Gasteiger partial charge in [-0.25, -0.2) is 4.39 Å². The molecule has 0 heterocycles. The van der Waals surface area contributed by atoms with Crippen molar-refractivity contribution < 1.29 is 9.31 Å². The maximum Gasteiger partial charge on any atom is 0.295 e. The summed E-state index contributed by atoms with van der Waals surface area (Å²) in [6, 6.07) is 2.34. The summed E-state index contributed by atoms with van der Waals surface area (Å²) >= 11 is 4.84. The van der Waals surface area contributed by atoms with Gasteiger partial charge in [0, 0.05) is 6.54 Å². The van der Waals surface area contributed by atoms with Gasteiger partial charge >= 0.3 is 0 Å². The molecule has 0 aliphatic rings. The third kappa shape index (κ3) is 5.36. The average molecular weight is 351 g/mol. The molecule has 0 aliphatic carbocycles. The Balaban J connectivity index is 2.57. The van der Waals surface area contributed by atoms with E-state index in [0.29, 0.717) is 12.2 Å². The molecule has 106 valence electrons. The summed E-state index contributed by atoms with van der Waals surface area (Å²) in [6.45, 7) is 0.646. The smallest absolute Gasteiger partial charge is 0.295 e. The molecule has 7 heteroatoms. The van der Waals surface area contributed by atoms with Crippen molar-refractivity contribution in [2.75, 3.05) is 23.9 Å². The van der Waals surface area contributed by atoms with Crippen molar-refractivity contribution in [2.45, 2.75) is 19.3 Å². The molecule has 0 unspecified atom stereocenters. The fourth-order valence-electron chi connectivity index (χ4n) is 1.60. The zero-order chi connectivity index (χ0) is 14.3. The Bertz CT molecular complexity index is 446. The molecule has 1 aromatic rings. The highest BCUT2D eigenvalue weighted by atomic mass is 79.9. The molecule has 1 N–H and O–H groups in total. The van der Waals surface area contributed by atoms with Crippen molar-refractivity contribution in [1.82, 2.24) is 0 Å². The van der Waals surface area contributed by atoms with Crippen LogP contribution in [0.1, 0.15) is 19.3 Å². The molecule has 0 aromatic heterocycles. The molecule has 4 nitrogen and oxygen atoms in total. The standard InChI is InChI=1S/C12H16BrFN2O2S/c1-19-6-4-2-3-5-15-11-7-9(13)10(14)8-12(11)16(17)18/h7-8,15H,2-6H2,1H3. The van der Waals surface area contributed by atoms with Gasteiger partial charge in [0.2, 0.25) is 0 Å². The molecular formula is C12H16BrFN2O2S. The van der Waals surface area contributed by atoms with E-state index in [2.05, 4.69) is 27.5 Å². The van der Waals surface area contributed by atoms with Gasteiger partial charge in [-0.3, -0.25) is 10.1 Å². The minimum atomic E-state index is -0.628. The molecule has 1 rings (SSSR count). The van der Waals surface area contributed by atoms with Crippen LogP contribution in [0.5, 0.6) is 0 Å². The Hall–Kier alpha value is -0.820. The van der Waals surface area contributed by atoms with Gasteiger partial charge in [-0.1, -0.05) is 6.42 Å². The summed E-state index contributed by atoms with van der Waals surface area (Å²) in [7, 11) is 0. The molecule has 0 bridgehead atoms. The molecule has 1 aromatic carbocycles. The number of halogens is 2. The van der Waals surface area contributed by atoms with Crippen LogP contribution in [0, 0.1) is 15.9 Å². The van der Waals surface area contributed by atoms with Gasteiger partial charge < -0.3 is 5.32 Å². The highest BCUT2D eigenvalue weighted by molar-refractivity contribution is 9.10. The highest BCUT2D eigenvalue weighted by Crippen LogP contribution is 2.30. The van der Waals surface area contributed by atoms with E-state index in [4.69, 9.17) is 0 Å². The second-order valence-electron chi connectivity index (χ2n) is 4.02. The zero-order valence-electron chi connectivity index (χ0n) is 10.6. The Morgan fingerprint density at radius 2 is 2.16 bits per heavy atom. The van der Waals surface area contributed by atoms with Crippen LogP contribution in [0.15, 0.2) is 16.6 Å². The average Bonchev–Trinajstić information content (AvgIpc) is 2.37. The first kappa shape index (κ1) is 16.2. The lowest BCUT2D eigenvalue weighted by Crippen LogP contribution is -2.05. The first-order valence-electron chi connectivity index (χ1n) is 5.92. The van der Waals surface area contributed by atoms with Gasteiger partial charge in [0.1, 0.15) is 11.5 Å². The normalized spacial score (nSPS) is 10.5.